The zero-order chi connectivity index (χ0) is 21.7. The fourth-order valence-electron chi connectivity index (χ4n) is 2.35. The molecule has 0 radical (unpaired) electrons. The highest BCUT2D eigenvalue weighted by molar-refractivity contribution is 6.03. The number of nitrogens with one attached hydrogen (secondary N) is 3. The van der Waals surface area contributed by atoms with E-state index in [9.17, 15) is 29.1 Å². The van der Waals surface area contributed by atoms with Gasteiger partial charge in [0.1, 0.15) is 12.6 Å². The summed E-state index contributed by atoms with van der Waals surface area (Å²) < 4.78 is 4.96. The van der Waals surface area contributed by atoms with Crippen molar-refractivity contribution in [3.63, 3.8) is 0 Å². The van der Waals surface area contributed by atoms with Crippen molar-refractivity contribution in [2.45, 2.75) is 31.5 Å². The second kappa shape index (κ2) is 8.96. The van der Waals surface area contributed by atoms with Crippen LogP contribution in [-0.2, 0) is 19.2 Å². The fourth-order valence-corrected chi connectivity index (χ4v) is 2.35. The first kappa shape index (κ1) is 21.5. The lowest BCUT2D eigenvalue weighted by Crippen LogP contribution is -2.52. The third-order valence-electron chi connectivity index (χ3n) is 3.76. The van der Waals surface area contributed by atoms with E-state index in [1.54, 1.807) is 0 Å². The Morgan fingerprint density at radius 2 is 2.03 bits per heavy atom. The van der Waals surface area contributed by atoms with Crippen molar-refractivity contribution in [1.82, 2.24) is 26.1 Å². The molecule has 29 heavy (non-hydrogen) atoms. The van der Waals surface area contributed by atoms with Crippen LogP contribution in [0.5, 0.6) is 0 Å². The van der Waals surface area contributed by atoms with Crippen molar-refractivity contribution in [3.8, 4) is 0 Å². The number of nitrogens with two attached hydrogens (primary N) is 1. The van der Waals surface area contributed by atoms with E-state index in [2.05, 4.69) is 20.8 Å². The molecule has 1 aromatic rings. The van der Waals surface area contributed by atoms with E-state index < -0.39 is 54.3 Å². The molecule has 1 unspecified atom stereocenters. The molecule has 0 aromatic carbocycles. The summed E-state index contributed by atoms with van der Waals surface area (Å²) in [5, 5.41) is 28.6. The number of carboxylic acid groups (broad SMARTS) is 1. The van der Waals surface area contributed by atoms with Crippen LogP contribution in [0.4, 0.5) is 10.7 Å². The number of piperazine rings is 1. The highest BCUT2D eigenvalue weighted by atomic mass is 16.5. The van der Waals surface area contributed by atoms with Crippen LogP contribution in [0, 0.1) is 0 Å². The molecule has 1 aliphatic rings. The number of aliphatic hydroxyl groups excluding tert-OH is 1. The summed E-state index contributed by atoms with van der Waals surface area (Å²) in [5.41, 5.74) is 5.14. The number of urea groups is 1. The summed E-state index contributed by atoms with van der Waals surface area (Å²) in [5.74, 6) is -3.85. The maximum atomic E-state index is 12.1. The number of carboxylic acids is 1. The van der Waals surface area contributed by atoms with E-state index in [0.717, 1.165) is 11.8 Å². The fraction of sp³-hybridized carbons (Fsp3) is 0.500. The summed E-state index contributed by atoms with van der Waals surface area (Å²) in [6, 6.07) is -3.93. The largest absolute Gasteiger partial charge is 0.480 e. The van der Waals surface area contributed by atoms with Gasteiger partial charge in [0.15, 0.2) is 6.04 Å². The first-order valence-electron chi connectivity index (χ1n) is 8.25. The Morgan fingerprint density at radius 1 is 1.34 bits per heavy atom. The topological polar surface area (TPSA) is 230 Å². The third-order valence-corrected chi connectivity index (χ3v) is 3.76. The van der Waals surface area contributed by atoms with E-state index in [0.29, 0.717) is 0 Å². The summed E-state index contributed by atoms with van der Waals surface area (Å²) in [6.07, 6.45) is -1.89. The molecule has 158 valence electrons. The molecule has 0 spiro atoms. The molecule has 1 aromatic heterocycles. The van der Waals surface area contributed by atoms with Crippen LogP contribution in [0.25, 0.3) is 0 Å². The minimum atomic E-state index is -1.62. The Hall–Kier alpha value is -3.75. The second-order valence-electron chi connectivity index (χ2n) is 6.09. The van der Waals surface area contributed by atoms with E-state index in [1.807, 2.05) is 5.32 Å². The van der Waals surface area contributed by atoms with E-state index in [-0.39, 0.29) is 24.9 Å². The van der Waals surface area contributed by atoms with Crippen molar-refractivity contribution in [2.75, 3.05) is 18.0 Å². The van der Waals surface area contributed by atoms with Gasteiger partial charge in [-0.15, -0.1) is 0 Å². The number of hydrogen-bond acceptors (Lipinski definition) is 9. The van der Waals surface area contributed by atoms with Crippen molar-refractivity contribution in [1.29, 1.82) is 0 Å². The first-order valence-corrected chi connectivity index (χ1v) is 8.25. The summed E-state index contributed by atoms with van der Waals surface area (Å²) in [7, 11) is 0. The van der Waals surface area contributed by atoms with Crippen molar-refractivity contribution >= 4 is 35.7 Å². The summed E-state index contributed by atoms with van der Waals surface area (Å²) >= 11 is 0. The zero-order valence-electron chi connectivity index (χ0n) is 15.1. The summed E-state index contributed by atoms with van der Waals surface area (Å²) in [4.78, 5) is 62.6. The number of nitrogens with zero attached hydrogens (tertiary/aromatic N) is 3. The number of aliphatic carboxylic acids is 1. The Kier molecular flexibility index (Phi) is 6.66. The van der Waals surface area contributed by atoms with E-state index in [1.165, 1.54) is 0 Å². The van der Waals surface area contributed by atoms with Crippen LogP contribution < -0.4 is 26.6 Å². The second-order valence-corrected chi connectivity index (χ2v) is 6.09. The normalized spacial score (nSPS) is 17.1. The van der Waals surface area contributed by atoms with Gasteiger partial charge in [0.2, 0.25) is 17.7 Å². The predicted molar refractivity (Wildman–Crippen MR) is 91.0 cm³/mol. The monoisotopic (exact) mass is 413 g/mol. The summed E-state index contributed by atoms with van der Waals surface area (Å²) in [6.45, 7) is 0.556. The maximum absolute atomic E-state index is 12.1. The van der Waals surface area contributed by atoms with Gasteiger partial charge in [-0.3, -0.25) is 19.3 Å². The van der Waals surface area contributed by atoms with Gasteiger partial charge < -0.3 is 36.4 Å². The van der Waals surface area contributed by atoms with E-state index in [4.69, 9.17) is 15.4 Å². The van der Waals surface area contributed by atoms with Crippen LogP contribution in [0.15, 0.2) is 4.52 Å². The van der Waals surface area contributed by atoms with Gasteiger partial charge in [-0.1, -0.05) is 0 Å². The molecule has 3 atom stereocenters. The Morgan fingerprint density at radius 3 is 2.62 bits per heavy atom. The van der Waals surface area contributed by atoms with Crippen molar-refractivity contribution < 1.29 is 38.7 Å². The molecule has 15 nitrogen and oxygen atoms in total. The molecule has 1 saturated heterocycles. The van der Waals surface area contributed by atoms with Crippen LogP contribution >= 0.6 is 0 Å². The number of carbonyl (C=O) groups is 5. The molecular formula is C14H19N7O8. The molecule has 2 rings (SSSR count). The standard InChI is InChI=1S/C14H19N7O8/c1-5(22)10(12(26)27)18-14(28)17-6(2-7(15)23)11-19-13(20-29-11)21-4-8(24)16-3-9(21)25/h5-6,10,22H,2-4H2,1H3,(H2,15,23)(H,16,24)(H,26,27)(H2,17,18,28)/t5?,6-,10-/m0/s1. The lowest BCUT2D eigenvalue weighted by Gasteiger charge is -2.22. The quantitative estimate of drug-likeness (QED) is 0.247. The smallest absolute Gasteiger partial charge is 0.328 e. The van der Waals surface area contributed by atoms with Crippen molar-refractivity contribution in [3.05, 3.63) is 5.89 Å². The number of aliphatic hydroxyl groups is 1. The lowest BCUT2D eigenvalue weighted by molar-refractivity contribution is -0.141. The van der Waals surface area contributed by atoms with Gasteiger partial charge in [0.25, 0.3) is 11.8 Å². The third kappa shape index (κ3) is 5.61. The molecule has 0 bridgehead atoms. The first-order chi connectivity index (χ1) is 13.6. The molecule has 1 fully saturated rings. The minimum Gasteiger partial charge on any atom is -0.480 e. The van der Waals surface area contributed by atoms with Crippen LogP contribution in [0.1, 0.15) is 25.3 Å². The Bertz CT molecular complexity index is 823. The maximum Gasteiger partial charge on any atom is 0.328 e. The molecule has 1 aliphatic heterocycles. The molecular weight excluding hydrogens is 394 g/mol. The number of amides is 5. The van der Waals surface area contributed by atoms with Gasteiger partial charge in [-0.2, -0.15) is 4.98 Å². The average Bonchev–Trinajstić information content (AvgIpc) is 3.10. The van der Waals surface area contributed by atoms with Gasteiger partial charge in [0, 0.05) is 0 Å². The Balaban J connectivity index is 2.16. The SMILES string of the molecule is CC(O)[C@H](NC(=O)N[C@@H](CC(N)=O)c1nc(N2CC(=O)NCC2=O)no1)C(=O)O. The molecule has 2 heterocycles. The van der Waals surface area contributed by atoms with Gasteiger partial charge in [0.05, 0.1) is 19.1 Å². The number of carbonyl (C=O) groups excluding carboxylic acids is 4. The number of anilines is 1. The van der Waals surface area contributed by atoms with Crippen LogP contribution in [0.2, 0.25) is 0 Å². The molecule has 7 N–H and O–H groups in total. The lowest BCUT2D eigenvalue weighted by atomic mass is 10.2. The highest BCUT2D eigenvalue weighted by Crippen LogP contribution is 2.19. The molecule has 15 heteroatoms. The molecule has 5 amide bonds. The number of hydrogen-bond donors (Lipinski definition) is 6. The van der Waals surface area contributed by atoms with Gasteiger partial charge in [-0.05, 0) is 12.1 Å². The number of aromatic nitrogens is 2. The predicted octanol–water partition coefficient (Wildman–Crippen LogP) is -3.42. The van der Waals surface area contributed by atoms with Gasteiger partial charge in [-0.25, -0.2) is 9.59 Å². The van der Waals surface area contributed by atoms with Gasteiger partial charge >= 0.3 is 12.0 Å². The van der Waals surface area contributed by atoms with E-state index >= 15 is 0 Å². The zero-order valence-corrected chi connectivity index (χ0v) is 15.1. The average molecular weight is 413 g/mol. The Labute approximate surface area is 162 Å². The molecule has 0 saturated carbocycles. The minimum absolute atomic E-state index is 0.260. The van der Waals surface area contributed by atoms with Crippen molar-refractivity contribution in [2.24, 2.45) is 5.73 Å². The highest BCUT2D eigenvalue weighted by Gasteiger charge is 2.31. The number of primary amides is 1. The number of rotatable bonds is 8. The molecule has 0 aliphatic carbocycles. The van der Waals surface area contributed by atoms with Crippen LogP contribution in [0.3, 0.4) is 0 Å². The van der Waals surface area contributed by atoms with Crippen LogP contribution in [-0.4, -0.2) is 75.3 Å².